The lowest BCUT2D eigenvalue weighted by Gasteiger charge is -2.53. The Morgan fingerprint density at radius 3 is 2.63 bits per heavy atom. The summed E-state index contributed by atoms with van der Waals surface area (Å²) in [6.07, 6.45) is 1.39. The minimum atomic E-state index is -3.47. The molecule has 1 atom stereocenters. The number of nitrogens with zero attached hydrogens (tertiary/aromatic N) is 2. The molecule has 3 heterocycles. The average molecular weight is 511 g/mol. The van der Waals surface area contributed by atoms with E-state index in [2.05, 4.69) is 15.3 Å². The van der Waals surface area contributed by atoms with Gasteiger partial charge in [-0.25, -0.2) is 13.8 Å². The minimum Gasteiger partial charge on any atom is -0.484 e. The number of aryl methyl sites for hydroxylation is 1. The van der Waals surface area contributed by atoms with Crippen molar-refractivity contribution in [2.45, 2.75) is 37.2 Å². The van der Waals surface area contributed by atoms with Crippen LogP contribution in [-0.2, 0) is 10.3 Å². The number of hydrogen-bond acceptors (Lipinski definition) is 8. The third-order valence-corrected chi connectivity index (χ3v) is 9.06. The minimum absolute atomic E-state index is 0.0446. The van der Waals surface area contributed by atoms with Crippen molar-refractivity contribution in [1.82, 2.24) is 4.98 Å². The van der Waals surface area contributed by atoms with Gasteiger partial charge in [0.05, 0.1) is 25.2 Å². The van der Waals surface area contributed by atoms with E-state index in [-0.39, 0.29) is 28.9 Å². The molecule has 4 rings (SSSR count). The first-order chi connectivity index (χ1) is 16.4. The maximum absolute atomic E-state index is 14.9. The Hall–Kier alpha value is -2.80. The highest BCUT2D eigenvalue weighted by molar-refractivity contribution is 8.26. The molecule has 2 aliphatic heterocycles. The summed E-state index contributed by atoms with van der Waals surface area (Å²) in [6.45, 7) is 4.45. The Morgan fingerprint density at radius 1 is 1.34 bits per heavy atom. The molecule has 0 radical (unpaired) electrons. The molecule has 35 heavy (non-hydrogen) atoms. The van der Waals surface area contributed by atoms with E-state index in [1.54, 1.807) is 13.0 Å². The van der Waals surface area contributed by atoms with Crippen molar-refractivity contribution in [2.24, 2.45) is 10.7 Å². The Bertz CT molecular complexity index is 1190. The molecule has 1 aromatic carbocycles. The van der Waals surface area contributed by atoms with Crippen LogP contribution in [0.2, 0.25) is 0 Å². The summed E-state index contributed by atoms with van der Waals surface area (Å²) in [7, 11) is -3.47. The number of benzene rings is 1. The van der Waals surface area contributed by atoms with Crippen molar-refractivity contribution in [3.63, 3.8) is 0 Å². The number of carbonyl (C=O) groups excluding carboxylic acids is 1. The van der Waals surface area contributed by atoms with Gasteiger partial charge in [-0.1, -0.05) is 0 Å². The number of ether oxygens (including phenoxy) is 2. The third kappa shape index (κ3) is 4.58. The normalized spacial score (nSPS) is 24.1. The fourth-order valence-electron chi connectivity index (χ4n) is 3.83. The van der Waals surface area contributed by atoms with Crippen LogP contribution in [0.3, 0.4) is 0 Å². The fraction of sp³-hybridized carbons (Fsp3) is 0.435. The standard InChI is InChI=1S/C23H28F2N4O5S/c1-13-6-15(34-16-9-33-10-16)8-27-19(13)20(30)28-14-4-5-18(25)17(7-14)23(11-24)12-35(31,32)22(2,3)21(26)29-23/h4-8,16,31-32H,9-12H2,1-3H3,(H2,26,29)(H,28,30). The Balaban J connectivity index is 1.61. The second-order valence-electron chi connectivity index (χ2n) is 9.25. The number of rotatable bonds is 6. The molecular weight excluding hydrogens is 482 g/mol. The Kier molecular flexibility index (Phi) is 6.51. The summed E-state index contributed by atoms with van der Waals surface area (Å²) in [4.78, 5) is 21.2. The zero-order chi connectivity index (χ0) is 25.6. The molecule has 1 amide bonds. The maximum atomic E-state index is 14.9. The number of anilines is 1. The summed E-state index contributed by atoms with van der Waals surface area (Å²) >= 11 is 0. The molecule has 2 aromatic rings. The van der Waals surface area contributed by atoms with Crippen LogP contribution in [0, 0.1) is 12.7 Å². The summed E-state index contributed by atoms with van der Waals surface area (Å²) in [6, 6.07) is 5.27. The predicted octanol–water partition coefficient (Wildman–Crippen LogP) is 3.62. The molecule has 9 nitrogen and oxygen atoms in total. The van der Waals surface area contributed by atoms with E-state index >= 15 is 0 Å². The van der Waals surface area contributed by atoms with Crippen LogP contribution in [0.15, 0.2) is 35.5 Å². The second-order valence-corrected chi connectivity index (χ2v) is 11.9. The van der Waals surface area contributed by atoms with E-state index in [9.17, 15) is 22.7 Å². The number of alkyl halides is 1. The molecule has 1 fully saturated rings. The second kappa shape index (κ2) is 9.01. The van der Waals surface area contributed by atoms with Gasteiger partial charge >= 0.3 is 0 Å². The van der Waals surface area contributed by atoms with E-state index in [0.717, 1.165) is 6.07 Å². The predicted molar refractivity (Wildman–Crippen MR) is 130 cm³/mol. The van der Waals surface area contributed by atoms with Gasteiger partial charge in [0.2, 0.25) is 0 Å². The van der Waals surface area contributed by atoms with Gasteiger partial charge in [-0.3, -0.25) is 18.9 Å². The van der Waals surface area contributed by atoms with E-state index in [0.29, 0.717) is 24.5 Å². The van der Waals surface area contributed by atoms with Gasteiger partial charge in [-0.15, -0.1) is 0 Å². The topological polar surface area (TPSA) is 139 Å². The number of amides is 1. The van der Waals surface area contributed by atoms with E-state index in [4.69, 9.17) is 15.2 Å². The lowest BCUT2D eigenvalue weighted by atomic mass is 9.92. The number of pyridine rings is 1. The number of hydrogen-bond donors (Lipinski definition) is 4. The molecule has 12 heteroatoms. The van der Waals surface area contributed by atoms with E-state index < -0.39 is 45.0 Å². The van der Waals surface area contributed by atoms with Crippen molar-refractivity contribution >= 4 is 28.0 Å². The van der Waals surface area contributed by atoms with Gasteiger partial charge in [0, 0.05) is 11.3 Å². The van der Waals surface area contributed by atoms with Crippen LogP contribution in [0.1, 0.15) is 35.5 Å². The number of amidine groups is 1. The van der Waals surface area contributed by atoms with Gasteiger partial charge < -0.3 is 20.5 Å². The number of aromatic nitrogens is 1. The van der Waals surface area contributed by atoms with Crippen molar-refractivity contribution in [3.05, 3.63) is 53.1 Å². The van der Waals surface area contributed by atoms with Crippen LogP contribution in [0.5, 0.6) is 5.75 Å². The molecule has 5 N–H and O–H groups in total. The summed E-state index contributed by atoms with van der Waals surface area (Å²) in [5.74, 6) is -1.61. The Labute approximate surface area is 203 Å². The fourth-order valence-corrected chi connectivity index (χ4v) is 5.54. The first-order valence-corrected chi connectivity index (χ1v) is 12.6. The number of nitrogens with one attached hydrogen (secondary N) is 1. The Morgan fingerprint density at radius 2 is 2.06 bits per heavy atom. The third-order valence-electron chi connectivity index (χ3n) is 6.33. The van der Waals surface area contributed by atoms with Gasteiger partial charge in [0.25, 0.3) is 5.91 Å². The molecule has 0 aliphatic carbocycles. The summed E-state index contributed by atoms with van der Waals surface area (Å²) < 4.78 is 60.1. The molecule has 190 valence electrons. The molecule has 0 saturated carbocycles. The molecule has 2 aliphatic rings. The SMILES string of the molecule is Cc1cc(OC2COC2)cnc1C(=O)Nc1ccc(F)c(C2(CF)CS(O)(O)C(C)(C)C(N)=N2)c1. The van der Waals surface area contributed by atoms with Crippen LogP contribution >= 0.6 is 10.6 Å². The maximum Gasteiger partial charge on any atom is 0.274 e. The molecule has 1 saturated heterocycles. The summed E-state index contributed by atoms with van der Waals surface area (Å²) in [5, 5.41) is 2.63. The number of aliphatic imine (C=N–C) groups is 1. The first kappa shape index (κ1) is 25.3. The smallest absolute Gasteiger partial charge is 0.274 e. The quantitative estimate of drug-likeness (QED) is 0.465. The lowest BCUT2D eigenvalue weighted by molar-refractivity contribution is -0.0798. The van der Waals surface area contributed by atoms with Crippen molar-refractivity contribution in [2.75, 3.05) is 31.0 Å². The van der Waals surface area contributed by atoms with E-state index in [1.165, 1.54) is 32.2 Å². The number of nitrogens with two attached hydrogens (primary N) is 1. The molecule has 1 unspecified atom stereocenters. The van der Waals surface area contributed by atoms with Crippen LogP contribution in [-0.4, -0.2) is 62.3 Å². The molecule has 0 bridgehead atoms. The van der Waals surface area contributed by atoms with Gasteiger partial charge in [-0.05, 0) is 50.6 Å². The van der Waals surface area contributed by atoms with Crippen molar-refractivity contribution in [1.29, 1.82) is 0 Å². The molecular formula is C23H28F2N4O5S. The highest BCUT2D eigenvalue weighted by atomic mass is 32.3. The molecule has 1 aromatic heterocycles. The highest BCUT2D eigenvalue weighted by Gasteiger charge is 2.51. The number of carbonyl (C=O) groups is 1. The lowest BCUT2D eigenvalue weighted by Crippen LogP contribution is -2.53. The van der Waals surface area contributed by atoms with Gasteiger partial charge in [0.15, 0.2) is 0 Å². The first-order valence-electron chi connectivity index (χ1n) is 10.9. The van der Waals surface area contributed by atoms with Crippen molar-refractivity contribution in [3.8, 4) is 5.75 Å². The van der Waals surface area contributed by atoms with Crippen LogP contribution < -0.4 is 15.8 Å². The van der Waals surface area contributed by atoms with Crippen LogP contribution in [0.4, 0.5) is 14.5 Å². The average Bonchev–Trinajstić information content (AvgIpc) is 2.76. The largest absolute Gasteiger partial charge is 0.484 e. The van der Waals surface area contributed by atoms with Gasteiger partial charge in [0.1, 0.15) is 46.2 Å². The molecule has 0 spiro atoms. The number of halogens is 2. The van der Waals surface area contributed by atoms with E-state index in [1.807, 2.05) is 0 Å². The monoisotopic (exact) mass is 510 g/mol. The van der Waals surface area contributed by atoms with Crippen molar-refractivity contribution < 1.29 is 32.2 Å². The van der Waals surface area contributed by atoms with Gasteiger partial charge in [-0.2, -0.15) is 10.6 Å². The zero-order valence-electron chi connectivity index (χ0n) is 19.5. The highest BCUT2D eigenvalue weighted by Crippen LogP contribution is 2.59. The van der Waals surface area contributed by atoms with Crippen LogP contribution in [0.25, 0.3) is 0 Å². The zero-order valence-corrected chi connectivity index (χ0v) is 20.4. The summed E-state index contributed by atoms with van der Waals surface area (Å²) in [5.41, 5.74) is 4.62.